The van der Waals surface area contributed by atoms with Crippen LogP contribution in [0.15, 0.2) is 66.4 Å². The predicted molar refractivity (Wildman–Crippen MR) is 124 cm³/mol. The van der Waals surface area contributed by atoms with E-state index in [4.69, 9.17) is 9.84 Å². The Hall–Kier alpha value is -3.87. The summed E-state index contributed by atoms with van der Waals surface area (Å²) in [6, 6.07) is 16.5. The van der Waals surface area contributed by atoms with Crippen molar-refractivity contribution in [2.24, 2.45) is 0 Å². The summed E-state index contributed by atoms with van der Waals surface area (Å²) < 4.78 is 5.14. The fraction of sp³-hybridized carbons (Fsp3) is 0.240. The number of amides is 2. The van der Waals surface area contributed by atoms with Crippen molar-refractivity contribution in [3.8, 4) is 5.75 Å². The Balaban J connectivity index is 2.03. The third kappa shape index (κ3) is 9.30. The van der Waals surface area contributed by atoms with E-state index >= 15 is 0 Å². The number of carbonyl (C=O) groups is 3. The summed E-state index contributed by atoms with van der Waals surface area (Å²) in [6.45, 7) is 0.383. The number of ether oxygens (including phenoxy) is 1. The van der Waals surface area contributed by atoms with Crippen LogP contribution in [0.1, 0.15) is 36.8 Å². The second kappa shape index (κ2) is 13.4. The van der Waals surface area contributed by atoms with Crippen molar-refractivity contribution in [2.45, 2.75) is 25.7 Å². The standard InChI is InChI=1S/C25H28N2O5/c1-32-21-14-11-20(12-15-21)18-22(25(31)26-17-7-3-6-10-24(29)30)27-23(28)16-13-19-8-4-2-5-9-19/h2,4-5,8-9,11-16,18H,3,6-7,10,17H2,1H3,(H,26,31)(H,27,28)(H,29,30)/b16-13+,22-18+. The molecule has 0 heterocycles. The number of hydrogen-bond donors (Lipinski definition) is 3. The molecule has 2 rings (SSSR count). The molecule has 7 nitrogen and oxygen atoms in total. The molecule has 3 N–H and O–H groups in total. The van der Waals surface area contributed by atoms with Crippen molar-refractivity contribution < 1.29 is 24.2 Å². The fourth-order valence-corrected chi connectivity index (χ4v) is 2.81. The summed E-state index contributed by atoms with van der Waals surface area (Å²) in [6.07, 6.45) is 6.64. The van der Waals surface area contributed by atoms with E-state index in [9.17, 15) is 14.4 Å². The number of unbranched alkanes of at least 4 members (excludes halogenated alkanes) is 2. The highest BCUT2D eigenvalue weighted by atomic mass is 16.5. The number of benzene rings is 2. The van der Waals surface area contributed by atoms with Crippen molar-refractivity contribution in [3.63, 3.8) is 0 Å². The molecule has 2 aromatic rings. The first-order valence-corrected chi connectivity index (χ1v) is 10.4. The molecule has 168 valence electrons. The summed E-state index contributed by atoms with van der Waals surface area (Å²) >= 11 is 0. The van der Waals surface area contributed by atoms with E-state index in [1.165, 1.54) is 6.08 Å². The molecule has 0 unspecified atom stereocenters. The van der Waals surface area contributed by atoms with Crippen LogP contribution in [0.3, 0.4) is 0 Å². The highest BCUT2D eigenvalue weighted by Gasteiger charge is 2.12. The van der Waals surface area contributed by atoms with Gasteiger partial charge in [0.2, 0.25) is 5.91 Å². The van der Waals surface area contributed by atoms with Crippen LogP contribution in [-0.2, 0) is 14.4 Å². The van der Waals surface area contributed by atoms with Crippen molar-refractivity contribution in [1.82, 2.24) is 10.6 Å². The second-order valence-corrected chi connectivity index (χ2v) is 7.02. The van der Waals surface area contributed by atoms with E-state index in [0.717, 1.165) is 11.1 Å². The van der Waals surface area contributed by atoms with Gasteiger partial charge in [0.25, 0.3) is 5.91 Å². The number of rotatable bonds is 12. The van der Waals surface area contributed by atoms with Crippen LogP contribution in [0, 0.1) is 0 Å². The molecule has 7 heteroatoms. The summed E-state index contributed by atoms with van der Waals surface area (Å²) in [5, 5.41) is 14.1. The minimum atomic E-state index is -0.829. The average molecular weight is 437 g/mol. The summed E-state index contributed by atoms with van der Waals surface area (Å²) in [5.41, 5.74) is 1.71. The number of hydrogen-bond acceptors (Lipinski definition) is 4. The molecule has 0 saturated carbocycles. The highest BCUT2D eigenvalue weighted by Crippen LogP contribution is 2.14. The Morgan fingerprint density at radius 3 is 2.31 bits per heavy atom. The molecule has 32 heavy (non-hydrogen) atoms. The smallest absolute Gasteiger partial charge is 0.303 e. The van der Waals surface area contributed by atoms with E-state index in [1.54, 1.807) is 43.5 Å². The monoisotopic (exact) mass is 436 g/mol. The number of carboxylic acid groups (broad SMARTS) is 1. The number of carbonyl (C=O) groups excluding carboxylic acids is 2. The van der Waals surface area contributed by atoms with Gasteiger partial charge in [-0.1, -0.05) is 48.9 Å². The third-order valence-electron chi connectivity index (χ3n) is 4.51. The number of carboxylic acids is 1. The van der Waals surface area contributed by atoms with Gasteiger partial charge in [-0.25, -0.2) is 0 Å². The van der Waals surface area contributed by atoms with Gasteiger partial charge in [0.15, 0.2) is 0 Å². The number of methoxy groups -OCH3 is 1. The number of nitrogens with one attached hydrogen (secondary N) is 2. The molecule has 0 fully saturated rings. The van der Waals surface area contributed by atoms with Gasteiger partial charge >= 0.3 is 5.97 Å². The lowest BCUT2D eigenvalue weighted by molar-refractivity contribution is -0.137. The van der Waals surface area contributed by atoms with Crippen molar-refractivity contribution in [1.29, 1.82) is 0 Å². The van der Waals surface area contributed by atoms with Crippen molar-refractivity contribution in [2.75, 3.05) is 13.7 Å². The average Bonchev–Trinajstić information content (AvgIpc) is 2.80. The maximum atomic E-state index is 12.7. The first kappa shape index (κ1) is 24.4. The van der Waals surface area contributed by atoms with Gasteiger partial charge in [0, 0.05) is 19.0 Å². The maximum Gasteiger partial charge on any atom is 0.303 e. The molecule has 0 saturated heterocycles. The minimum Gasteiger partial charge on any atom is -0.497 e. The van der Waals surface area contributed by atoms with E-state index < -0.39 is 17.8 Å². The van der Waals surface area contributed by atoms with Crippen LogP contribution >= 0.6 is 0 Å². The first-order chi connectivity index (χ1) is 15.5. The lowest BCUT2D eigenvalue weighted by Crippen LogP contribution is -2.34. The van der Waals surface area contributed by atoms with Crippen LogP contribution < -0.4 is 15.4 Å². The third-order valence-corrected chi connectivity index (χ3v) is 4.51. The molecule has 0 aromatic heterocycles. The molecule has 0 aliphatic heterocycles. The summed E-state index contributed by atoms with van der Waals surface area (Å²) in [7, 11) is 1.57. The SMILES string of the molecule is COc1ccc(/C=C(/NC(=O)/C=C/c2ccccc2)C(=O)NCCCCCC(=O)O)cc1. The zero-order valence-electron chi connectivity index (χ0n) is 18.0. The highest BCUT2D eigenvalue weighted by molar-refractivity contribution is 6.04. The molecule has 2 aromatic carbocycles. The van der Waals surface area contributed by atoms with Crippen molar-refractivity contribution >= 4 is 29.9 Å². The van der Waals surface area contributed by atoms with Crippen LogP contribution in [0.5, 0.6) is 5.75 Å². The molecule has 0 aliphatic rings. The van der Waals surface area contributed by atoms with Gasteiger partial charge in [-0.2, -0.15) is 0 Å². The Labute approximate surface area is 187 Å². The Morgan fingerprint density at radius 1 is 0.938 bits per heavy atom. The Morgan fingerprint density at radius 2 is 1.66 bits per heavy atom. The van der Waals surface area contributed by atoms with Gasteiger partial charge in [-0.15, -0.1) is 0 Å². The molecule has 0 bridgehead atoms. The van der Waals surface area contributed by atoms with Gasteiger partial charge < -0.3 is 20.5 Å². The summed E-state index contributed by atoms with van der Waals surface area (Å²) in [4.78, 5) is 35.7. The van der Waals surface area contributed by atoms with Crippen LogP contribution in [0.2, 0.25) is 0 Å². The van der Waals surface area contributed by atoms with Crippen molar-refractivity contribution in [3.05, 3.63) is 77.5 Å². The normalized spacial score (nSPS) is 11.2. The minimum absolute atomic E-state index is 0.111. The zero-order valence-corrected chi connectivity index (χ0v) is 18.0. The molecule has 0 spiro atoms. The Bertz CT molecular complexity index is 950. The largest absolute Gasteiger partial charge is 0.497 e. The van der Waals surface area contributed by atoms with Gasteiger partial charge in [0.1, 0.15) is 11.4 Å². The van der Waals surface area contributed by atoms with Crippen LogP contribution in [-0.4, -0.2) is 36.5 Å². The van der Waals surface area contributed by atoms with Crippen LogP contribution in [0.4, 0.5) is 0 Å². The van der Waals surface area contributed by atoms with E-state index in [2.05, 4.69) is 10.6 Å². The Kier molecular flexibility index (Phi) is 10.2. The summed E-state index contributed by atoms with van der Waals surface area (Å²) in [5.74, 6) is -0.986. The molecular formula is C25H28N2O5. The molecule has 2 amide bonds. The second-order valence-electron chi connectivity index (χ2n) is 7.02. The quantitative estimate of drug-likeness (QED) is 0.348. The predicted octanol–water partition coefficient (Wildman–Crippen LogP) is 3.63. The fourth-order valence-electron chi connectivity index (χ4n) is 2.81. The van der Waals surface area contributed by atoms with E-state index in [1.807, 2.05) is 30.3 Å². The topological polar surface area (TPSA) is 105 Å². The molecule has 0 atom stereocenters. The first-order valence-electron chi connectivity index (χ1n) is 10.4. The van der Waals surface area contributed by atoms with Gasteiger partial charge in [-0.05, 0) is 48.3 Å². The van der Waals surface area contributed by atoms with E-state index in [-0.39, 0.29) is 12.1 Å². The van der Waals surface area contributed by atoms with Gasteiger partial charge in [0.05, 0.1) is 7.11 Å². The van der Waals surface area contributed by atoms with Gasteiger partial charge in [-0.3, -0.25) is 14.4 Å². The van der Waals surface area contributed by atoms with Crippen LogP contribution in [0.25, 0.3) is 12.2 Å². The van der Waals surface area contributed by atoms with E-state index in [0.29, 0.717) is 31.6 Å². The molecule has 0 radical (unpaired) electrons. The maximum absolute atomic E-state index is 12.7. The molecule has 0 aliphatic carbocycles. The lowest BCUT2D eigenvalue weighted by Gasteiger charge is -2.10. The zero-order chi connectivity index (χ0) is 23.2. The number of aliphatic carboxylic acids is 1. The lowest BCUT2D eigenvalue weighted by atomic mass is 10.1. The molecular weight excluding hydrogens is 408 g/mol.